The van der Waals surface area contributed by atoms with Crippen molar-refractivity contribution in [2.24, 2.45) is 0 Å². The summed E-state index contributed by atoms with van der Waals surface area (Å²) in [6.07, 6.45) is 3.17. The fraction of sp³-hybridized carbons (Fsp3) is 0.278. The first kappa shape index (κ1) is 15.7. The molecule has 0 amide bonds. The topological polar surface area (TPSA) is 33.3 Å². The van der Waals surface area contributed by atoms with Crippen molar-refractivity contribution in [3.63, 3.8) is 0 Å². The maximum Gasteiger partial charge on any atom is 0.171 e. The van der Waals surface area contributed by atoms with Gasteiger partial charge in [-0.25, -0.2) is 4.39 Å². The van der Waals surface area contributed by atoms with Crippen LogP contribution >= 0.6 is 12.2 Å². The average Bonchev–Trinajstić information content (AvgIpc) is 2.54. The lowest BCUT2D eigenvalue weighted by molar-refractivity contribution is 0.412. The molecule has 3 rings (SSSR count). The summed E-state index contributed by atoms with van der Waals surface area (Å²) in [7, 11) is 1.68. The van der Waals surface area contributed by atoms with E-state index in [-0.39, 0.29) is 11.9 Å². The average molecular weight is 330 g/mol. The standard InChI is InChI=1S/C18H19FN2OS/c1-22-15-8-9-16-12(10-15)4-2-7-17(16)21-18(23)20-14-6-3-5-13(19)11-14/h3,5-6,8-11,17H,2,4,7H2,1H3,(H2,20,21,23). The van der Waals surface area contributed by atoms with Crippen molar-refractivity contribution < 1.29 is 9.13 Å². The molecule has 0 radical (unpaired) electrons. The van der Waals surface area contributed by atoms with E-state index < -0.39 is 0 Å². The van der Waals surface area contributed by atoms with Crippen LogP contribution in [0.1, 0.15) is 30.0 Å². The van der Waals surface area contributed by atoms with Gasteiger partial charge in [0.15, 0.2) is 5.11 Å². The summed E-state index contributed by atoms with van der Waals surface area (Å²) in [5.41, 5.74) is 3.19. The minimum Gasteiger partial charge on any atom is -0.497 e. The van der Waals surface area contributed by atoms with Crippen molar-refractivity contribution >= 4 is 23.0 Å². The van der Waals surface area contributed by atoms with Gasteiger partial charge < -0.3 is 15.4 Å². The third-order valence-electron chi connectivity index (χ3n) is 4.05. The smallest absolute Gasteiger partial charge is 0.171 e. The normalized spacial score (nSPS) is 16.3. The highest BCUT2D eigenvalue weighted by Crippen LogP contribution is 2.32. The zero-order valence-corrected chi connectivity index (χ0v) is 13.8. The lowest BCUT2D eigenvalue weighted by Gasteiger charge is -2.28. The SMILES string of the molecule is COc1ccc2c(c1)CCCC2NC(=S)Nc1cccc(F)c1. The Hall–Kier alpha value is -2.14. The third kappa shape index (κ3) is 3.79. The summed E-state index contributed by atoms with van der Waals surface area (Å²) in [4.78, 5) is 0. The molecule has 23 heavy (non-hydrogen) atoms. The summed E-state index contributed by atoms with van der Waals surface area (Å²) >= 11 is 5.37. The van der Waals surface area contributed by atoms with Crippen LogP contribution in [-0.4, -0.2) is 12.2 Å². The molecule has 3 nitrogen and oxygen atoms in total. The Balaban J connectivity index is 1.70. The van der Waals surface area contributed by atoms with Gasteiger partial charge in [-0.15, -0.1) is 0 Å². The van der Waals surface area contributed by atoms with Crippen molar-refractivity contribution in [3.05, 3.63) is 59.4 Å². The number of benzene rings is 2. The van der Waals surface area contributed by atoms with Gasteiger partial charge in [0.25, 0.3) is 0 Å². The Labute approximate surface area is 140 Å². The predicted octanol–water partition coefficient (Wildman–Crippen LogP) is 4.20. The Bertz CT molecular complexity index is 720. The molecular weight excluding hydrogens is 311 g/mol. The lowest BCUT2D eigenvalue weighted by Crippen LogP contribution is -2.34. The number of halogens is 1. The Kier molecular flexibility index (Phi) is 4.76. The number of nitrogens with one attached hydrogen (secondary N) is 2. The summed E-state index contributed by atoms with van der Waals surface area (Å²) in [5, 5.41) is 6.88. The first-order valence-electron chi connectivity index (χ1n) is 7.65. The first-order valence-corrected chi connectivity index (χ1v) is 8.06. The predicted molar refractivity (Wildman–Crippen MR) is 94.4 cm³/mol. The molecule has 1 aliphatic rings. The molecule has 0 bridgehead atoms. The van der Waals surface area contributed by atoms with Gasteiger partial charge >= 0.3 is 0 Å². The highest BCUT2D eigenvalue weighted by Gasteiger charge is 2.21. The molecule has 1 atom stereocenters. The molecule has 1 unspecified atom stereocenters. The number of thiocarbonyl (C=S) groups is 1. The monoisotopic (exact) mass is 330 g/mol. The summed E-state index contributed by atoms with van der Waals surface area (Å²) in [5.74, 6) is 0.595. The van der Waals surface area contributed by atoms with Crippen LogP contribution < -0.4 is 15.4 Å². The van der Waals surface area contributed by atoms with E-state index in [1.165, 1.54) is 23.3 Å². The van der Waals surface area contributed by atoms with Gasteiger partial charge in [-0.1, -0.05) is 12.1 Å². The van der Waals surface area contributed by atoms with E-state index in [1.807, 2.05) is 6.07 Å². The molecule has 0 fully saturated rings. The molecule has 120 valence electrons. The van der Waals surface area contributed by atoms with E-state index in [0.717, 1.165) is 25.0 Å². The van der Waals surface area contributed by atoms with Crippen molar-refractivity contribution in [2.45, 2.75) is 25.3 Å². The van der Waals surface area contributed by atoms with E-state index in [2.05, 4.69) is 22.8 Å². The van der Waals surface area contributed by atoms with Crippen LogP contribution in [0.25, 0.3) is 0 Å². The minimum absolute atomic E-state index is 0.165. The summed E-state index contributed by atoms with van der Waals surface area (Å²) in [6, 6.07) is 12.6. The molecule has 0 saturated heterocycles. The fourth-order valence-electron chi connectivity index (χ4n) is 2.96. The van der Waals surface area contributed by atoms with Crippen molar-refractivity contribution in [1.82, 2.24) is 5.32 Å². The van der Waals surface area contributed by atoms with Crippen molar-refractivity contribution in [2.75, 3.05) is 12.4 Å². The molecule has 0 spiro atoms. The van der Waals surface area contributed by atoms with Gasteiger partial charge in [-0.3, -0.25) is 0 Å². The van der Waals surface area contributed by atoms with Gasteiger partial charge in [0.05, 0.1) is 13.2 Å². The highest BCUT2D eigenvalue weighted by molar-refractivity contribution is 7.80. The molecule has 2 aromatic carbocycles. The maximum atomic E-state index is 13.2. The van der Waals surface area contributed by atoms with Gasteiger partial charge in [-0.2, -0.15) is 0 Å². The second kappa shape index (κ2) is 6.96. The fourth-order valence-corrected chi connectivity index (χ4v) is 3.22. The number of methoxy groups -OCH3 is 1. The number of rotatable bonds is 3. The molecule has 2 aromatic rings. The van der Waals surface area contributed by atoms with Crippen LogP contribution in [0.3, 0.4) is 0 Å². The number of hydrogen-bond donors (Lipinski definition) is 2. The molecule has 2 N–H and O–H groups in total. The Morgan fingerprint density at radius 3 is 2.91 bits per heavy atom. The number of fused-ring (bicyclic) bond motifs is 1. The van der Waals surface area contributed by atoms with Crippen LogP contribution in [0.5, 0.6) is 5.75 Å². The molecule has 5 heteroatoms. The van der Waals surface area contributed by atoms with Gasteiger partial charge in [0.1, 0.15) is 11.6 Å². The van der Waals surface area contributed by atoms with Crippen LogP contribution in [0.15, 0.2) is 42.5 Å². The Morgan fingerprint density at radius 2 is 2.13 bits per heavy atom. The second-order valence-corrected chi connectivity index (χ2v) is 6.03. The molecule has 1 aliphatic carbocycles. The van der Waals surface area contributed by atoms with E-state index in [1.54, 1.807) is 19.2 Å². The largest absolute Gasteiger partial charge is 0.497 e. The maximum absolute atomic E-state index is 13.2. The van der Waals surface area contributed by atoms with Gasteiger partial charge in [-0.05, 0) is 72.9 Å². The van der Waals surface area contributed by atoms with E-state index >= 15 is 0 Å². The van der Waals surface area contributed by atoms with Gasteiger partial charge in [0, 0.05) is 5.69 Å². The molecule has 0 aromatic heterocycles. The molecule has 0 heterocycles. The number of ether oxygens (including phenoxy) is 1. The van der Waals surface area contributed by atoms with E-state index in [0.29, 0.717) is 10.8 Å². The van der Waals surface area contributed by atoms with Crippen LogP contribution in [0.4, 0.5) is 10.1 Å². The lowest BCUT2D eigenvalue weighted by atomic mass is 9.87. The molecular formula is C18H19FN2OS. The summed E-state index contributed by atoms with van der Waals surface area (Å²) in [6.45, 7) is 0. The zero-order chi connectivity index (χ0) is 16.2. The van der Waals surface area contributed by atoms with Crippen molar-refractivity contribution in [1.29, 1.82) is 0 Å². The number of hydrogen-bond acceptors (Lipinski definition) is 2. The van der Waals surface area contributed by atoms with Gasteiger partial charge in [0.2, 0.25) is 0 Å². The molecule has 0 aliphatic heterocycles. The van der Waals surface area contributed by atoms with Crippen LogP contribution in [-0.2, 0) is 6.42 Å². The Morgan fingerprint density at radius 1 is 1.26 bits per heavy atom. The van der Waals surface area contributed by atoms with E-state index in [4.69, 9.17) is 17.0 Å². The summed E-state index contributed by atoms with van der Waals surface area (Å²) < 4.78 is 18.5. The zero-order valence-electron chi connectivity index (χ0n) is 12.9. The van der Waals surface area contributed by atoms with E-state index in [9.17, 15) is 4.39 Å². The van der Waals surface area contributed by atoms with Crippen LogP contribution in [0.2, 0.25) is 0 Å². The van der Waals surface area contributed by atoms with Crippen molar-refractivity contribution in [3.8, 4) is 5.75 Å². The van der Waals surface area contributed by atoms with Crippen LogP contribution in [0, 0.1) is 5.82 Å². The third-order valence-corrected chi connectivity index (χ3v) is 4.27. The first-order chi connectivity index (χ1) is 11.2. The molecule has 0 saturated carbocycles. The second-order valence-electron chi connectivity index (χ2n) is 5.62. The minimum atomic E-state index is -0.284. The number of anilines is 1. The highest BCUT2D eigenvalue weighted by atomic mass is 32.1. The quantitative estimate of drug-likeness (QED) is 0.827. The number of aryl methyl sites for hydroxylation is 1.